The van der Waals surface area contributed by atoms with Crippen LogP contribution in [0.3, 0.4) is 0 Å². The Morgan fingerprint density at radius 3 is 2.75 bits per heavy atom. The van der Waals surface area contributed by atoms with Crippen LogP contribution < -0.4 is 4.90 Å². The first-order chi connectivity index (χ1) is 11.6. The predicted octanol–water partition coefficient (Wildman–Crippen LogP) is 3.00. The molecule has 1 fully saturated rings. The third-order valence-corrected chi connectivity index (χ3v) is 4.45. The standard InChI is InChI=1S/C17H16N4O2S/c1-11-15(12(2)22)8-13(19-11)9-18-20-17-21(16(23)10-24-17)14-6-4-3-5-7-14/h3-9,19H,10H2,1-2H3/b18-9+,20-17-. The monoisotopic (exact) mass is 340 g/mol. The number of rotatable bonds is 4. The van der Waals surface area contributed by atoms with Crippen molar-refractivity contribution in [1.29, 1.82) is 0 Å². The van der Waals surface area contributed by atoms with Crippen LogP contribution in [0.25, 0.3) is 0 Å². The Morgan fingerprint density at radius 1 is 1.33 bits per heavy atom. The van der Waals surface area contributed by atoms with Gasteiger partial charge < -0.3 is 4.98 Å². The average Bonchev–Trinajstić information content (AvgIpc) is 3.11. The molecule has 122 valence electrons. The number of hydrogen-bond donors (Lipinski definition) is 1. The number of amidine groups is 1. The molecule has 0 atom stereocenters. The zero-order valence-corrected chi connectivity index (χ0v) is 14.1. The fraction of sp³-hybridized carbons (Fsp3) is 0.176. The maximum absolute atomic E-state index is 12.1. The molecular weight excluding hydrogens is 324 g/mol. The summed E-state index contributed by atoms with van der Waals surface area (Å²) in [6.45, 7) is 3.36. The lowest BCUT2D eigenvalue weighted by molar-refractivity contribution is -0.115. The summed E-state index contributed by atoms with van der Waals surface area (Å²) in [6.07, 6.45) is 1.54. The van der Waals surface area contributed by atoms with Gasteiger partial charge in [-0.3, -0.25) is 14.5 Å². The van der Waals surface area contributed by atoms with Crippen LogP contribution in [0.1, 0.15) is 28.7 Å². The third-order valence-electron chi connectivity index (χ3n) is 3.53. The van der Waals surface area contributed by atoms with Gasteiger partial charge in [-0.1, -0.05) is 30.0 Å². The molecule has 2 heterocycles. The number of Topliss-reactive ketones (excluding diaryl/α,β-unsaturated/α-hetero) is 1. The quantitative estimate of drug-likeness (QED) is 0.528. The summed E-state index contributed by atoms with van der Waals surface area (Å²) in [5, 5.41) is 8.75. The van der Waals surface area contributed by atoms with Gasteiger partial charge in [-0.15, -0.1) is 5.10 Å². The molecule has 1 aliphatic heterocycles. The van der Waals surface area contributed by atoms with E-state index in [0.29, 0.717) is 22.2 Å². The highest BCUT2D eigenvalue weighted by molar-refractivity contribution is 8.15. The topological polar surface area (TPSA) is 77.9 Å². The van der Waals surface area contributed by atoms with Gasteiger partial charge in [-0.25, -0.2) is 0 Å². The number of aromatic amines is 1. The molecule has 0 bridgehead atoms. The van der Waals surface area contributed by atoms with E-state index in [2.05, 4.69) is 15.2 Å². The van der Waals surface area contributed by atoms with Gasteiger partial charge in [-0.2, -0.15) is 5.10 Å². The molecule has 1 amide bonds. The van der Waals surface area contributed by atoms with Crippen LogP contribution in [0.2, 0.25) is 0 Å². The molecule has 2 aromatic rings. The highest BCUT2D eigenvalue weighted by atomic mass is 32.2. The van der Waals surface area contributed by atoms with Crippen LogP contribution in [0.4, 0.5) is 5.69 Å². The summed E-state index contributed by atoms with van der Waals surface area (Å²) in [4.78, 5) is 28.2. The normalized spacial score (nSPS) is 16.5. The number of carbonyl (C=O) groups excluding carboxylic acids is 2. The van der Waals surface area contributed by atoms with Crippen molar-refractivity contribution in [2.45, 2.75) is 13.8 Å². The largest absolute Gasteiger partial charge is 0.357 e. The van der Waals surface area contributed by atoms with Crippen molar-refractivity contribution >= 4 is 40.5 Å². The first-order valence-corrected chi connectivity index (χ1v) is 8.37. The Labute approximate surface area is 143 Å². The summed E-state index contributed by atoms with van der Waals surface area (Å²) in [7, 11) is 0. The van der Waals surface area contributed by atoms with E-state index in [1.165, 1.54) is 18.7 Å². The van der Waals surface area contributed by atoms with Gasteiger partial charge in [0.15, 0.2) is 11.0 Å². The van der Waals surface area contributed by atoms with E-state index in [9.17, 15) is 9.59 Å². The van der Waals surface area contributed by atoms with Crippen molar-refractivity contribution in [2.75, 3.05) is 10.7 Å². The van der Waals surface area contributed by atoms with Crippen LogP contribution in [0, 0.1) is 6.92 Å². The van der Waals surface area contributed by atoms with E-state index in [1.54, 1.807) is 17.2 Å². The van der Waals surface area contributed by atoms with Crippen molar-refractivity contribution in [3.8, 4) is 0 Å². The Morgan fingerprint density at radius 2 is 2.08 bits per heavy atom. The lowest BCUT2D eigenvalue weighted by atomic mass is 10.2. The number of benzene rings is 1. The molecular formula is C17H16N4O2S. The van der Waals surface area contributed by atoms with Crippen LogP contribution in [0.5, 0.6) is 0 Å². The molecule has 1 aliphatic rings. The Hall–Kier alpha value is -2.67. The van der Waals surface area contributed by atoms with E-state index < -0.39 is 0 Å². The summed E-state index contributed by atoms with van der Waals surface area (Å²) in [5.41, 5.74) is 2.91. The smallest absolute Gasteiger partial charge is 0.243 e. The summed E-state index contributed by atoms with van der Waals surface area (Å²) in [5.74, 6) is 0.330. The number of aromatic nitrogens is 1. The Bertz CT molecular complexity index is 840. The van der Waals surface area contributed by atoms with E-state index >= 15 is 0 Å². The van der Waals surface area contributed by atoms with Crippen LogP contribution in [-0.4, -0.2) is 33.8 Å². The van der Waals surface area contributed by atoms with E-state index in [-0.39, 0.29) is 11.7 Å². The van der Waals surface area contributed by atoms with Crippen molar-refractivity contribution in [2.24, 2.45) is 10.2 Å². The number of amides is 1. The second kappa shape index (κ2) is 6.84. The Balaban J connectivity index is 1.81. The van der Waals surface area contributed by atoms with Gasteiger partial charge in [0.05, 0.1) is 23.3 Å². The SMILES string of the molecule is CC(=O)c1cc(/C=N/N=C2\SCC(=O)N2c2ccccc2)[nH]c1C. The number of nitrogens with one attached hydrogen (secondary N) is 1. The van der Waals surface area contributed by atoms with Crippen molar-refractivity contribution in [1.82, 2.24) is 4.98 Å². The number of ketones is 1. The average molecular weight is 340 g/mol. The summed E-state index contributed by atoms with van der Waals surface area (Å²) in [6, 6.07) is 11.1. The molecule has 1 aromatic heterocycles. The number of anilines is 1. The Kier molecular flexibility index (Phi) is 4.61. The fourth-order valence-corrected chi connectivity index (χ4v) is 3.25. The molecule has 1 saturated heterocycles. The summed E-state index contributed by atoms with van der Waals surface area (Å²) < 4.78 is 0. The third kappa shape index (κ3) is 3.30. The molecule has 3 rings (SSSR count). The number of nitrogens with zero attached hydrogens (tertiary/aromatic N) is 3. The maximum Gasteiger partial charge on any atom is 0.243 e. The zero-order valence-electron chi connectivity index (χ0n) is 13.3. The molecule has 1 N–H and O–H groups in total. The van der Waals surface area contributed by atoms with Crippen molar-refractivity contribution in [3.63, 3.8) is 0 Å². The van der Waals surface area contributed by atoms with E-state index in [0.717, 1.165) is 11.4 Å². The lowest BCUT2D eigenvalue weighted by Gasteiger charge is -2.14. The molecule has 0 aliphatic carbocycles. The molecule has 24 heavy (non-hydrogen) atoms. The molecule has 6 nitrogen and oxygen atoms in total. The number of aryl methyl sites for hydroxylation is 1. The van der Waals surface area contributed by atoms with Crippen LogP contribution >= 0.6 is 11.8 Å². The van der Waals surface area contributed by atoms with Gasteiger partial charge in [0.1, 0.15) is 0 Å². The first kappa shape index (κ1) is 16.2. The highest BCUT2D eigenvalue weighted by Gasteiger charge is 2.29. The minimum absolute atomic E-state index is 0.00177. The van der Waals surface area contributed by atoms with E-state index in [1.807, 2.05) is 37.3 Å². The van der Waals surface area contributed by atoms with Crippen LogP contribution in [0.15, 0.2) is 46.6 Å². The first-order valence-electron chi connectivity index (χ1n) is 7.38. The second-order valence-electron chi connectivity index (χ2n) is 5.30. The summed E-state index contributed by atoms with van der Waals surface area (Å²) >= 11 is 1.35. The second-order valence-corrected chi connectivity index (χ2v) is 6.24. The molecule has 7 heteroatoms. The van der Waals surface area contributed by atoms with Gasteiger partial charge in [-0.05, 0) is 32.0 Å². The minimum atomic E-state index is -0.0188. The van der Waals surface area contributed by atoms with E-state index in [4.69, 9.17) is 0 Å². The highest BCUT2D eigenvalue weighted by Crippen LogP contribution is 2.26. The van der Waals surface area contributed by atoms with Crippen molar-refractivity contribution in [3.05, 3.63) is 53.3 Å². The molecule has 1 aromatic carbocycles. The van der Waals surface area contributed by atoms with Gasteiger partial charge in [0, 0.05) is 11.3 Å². The lowest BCUT2D eigenvalue weighted by Crippen LogP contribution is -2.28. The van der Waals surface area contributed by atoms with Gasteiger partial charge in [0.2, 0.25) is 5.91 Å². The number of para-hydroxylation sites is 1. The molecule has 0 saturated carbocycles. The fourth-order valence-electron chi connectivity index (χ4n) is 2.43. The molecule has 0 radical (unpaired) electrons. The molecule has 0 unspecified atom stereocenters. The van der Waals surface area contributed by atoms with Gasteiger partial charge in [0.25, 0.3) is 0 Å². The van der Waals surface area contributed by atoms with Crippen molar-refractivity contribution < 1.29 is 9.59 Å². The number of H-pyrrole nitrogens is 1. The maximum atomic E-state index is 12.1. The van der Waals surface area contributed by atoms with Gasteiger partial charge >= 0.3 is 0 Å². The molecule has 0 spiro atoms. The predicted molar refractivity (Wildman–Crippen MR) is 96.9 cm³/mol. The van der Waals surface area contributed by atoms with Crippen LogP contribution in [-0.2, 0) is 4.79 Å². The minimum Gasteiger partial charge on any atom is -0.357 e. The number of thioether (sulfide) groups is 1. The number of hydrogen-bond acceptors (Lipinski definition) is 5. The zero-order chi connectivity index (χ0) is 17.1. The number of carbonyl (C=O) groups is 2.